The Labute approximate surface area is 112 Å². The van der Waals surface area contributed by atoms with Crippen LogP contribution in [0.5, 0.6) is 0 Å². The predicted molar refractivity (Wildman–Crippen MR) is 69.9 cm³/mol. The van der Waals surface area contributed by atoms with Crippen molar-refractivity contribution < 1.29 is 13.2 Å². The molecule has 0 amide bonds. The average molecular weight is 274 g/mol. The molecule has 0 radical (unpaired) electrons. The number of alkyl halides is 3. The maximum atomic E-state index is 12.2. The number of halogens is 3. The van der Waals surface area contributed by atoms with E-state index in [-0.39, 0.29) is 12.5 Å². The Morgan fingerprint density at radius 1 is 1.32 bits per heavy atom. The molecule has 0 aromatic carbocycles. The summed E-state index contributed by atoms with van der Waals surface area (Å²) in [5.41, 5.74) is 2.17. The molecule has 1 unspecified atom stereocenters. The zero-order valence-corrected chi connectivity index (χ0v) is 11.4. The second-order valence-electron chi connectivity index (χ2n) is 4.55. The van der Waals surface area contributed by atoms with Crippen molar-refractivity contribution in [2.75, 3.05) is 6.54 Å². The standard InChI is InChI=1S/C14H21F3N2/c1-3-11-10-18-9-7-12(11)13(19-4-2)6-5-8-14(15,16)17/h7,9-10,13,19H,3-6,8H2,1-2H3. The number of nitrogens with one attached hydrogen (secondary N) is 1. The first-order valence-electron chi connectivity index (χ1n) is 6.70. The topological polar surface area (TPSA) is 24.9 Å². The number of nitrogens with zero attached hydrogens (tertiary/aromatic N) is 1. The van der Waals surface area contributed by atoms with Gasteiger partial charge in [-0.2, -0.15) is 13.2 Å². The summed E-state index contributed by atoms with van der Waals surface area (Å²) >= 11 is 0. The lowest BCUT2D eigenvalue weighted by molar-refractivity contribution is -0.135. The van der Waals surface area contributed by atoms with E-state index in [0.29, 0.717) is 6.42 Å². The minimum Gasteiger partial charge on any atom is -0.310 e. The number of aryl methyl sites for hydroxylation is 1. The van der Waals surface area contributed by atoms with E-state index in [2.05, 4.69) is 10.3 Å². The number of hydrogen-bond donors (Lipinski definition) is 1. The molecule has 0 saturated carbocycles. The Hall–Kier alpha value is -1.10. The number of pyridine rings is 1. The molecule has 19 heavy (non-hydrogen) atoms. The SMILES string of the molecule is CCNC(CCCC(F)(F)F)c1ccncc1CC. The molecule has 5 heteroatoms. The van der Waals surface area contributed by atoms with Gasteiger partial charge in [-0.3, -0.25) is 4.98 Å². The molecule has 0 aliphatic carbocycles. The van der Waals surface area contributed by atoms with E-state index in [1.165, 1.54) is 0 Å². The zero-order chi connectivity index (χ0) is 14.3. The van der Waals surface area contributed by atoms with Crippen molar-refractivity contribution in [2.45, 2.75) is 51.7 Å². The zero-order valence-electron chi connectivity index (χ0n) is 11.4. The highest BCUT2D eigenvalue weighted by Gasteiger charge is 2.27. The van der Waals surface area contributed by atoms with E-state index in [9.17, 15) is 13.2 Å². The fourth-order valence-corrected chi connectivity index (χ4v) is 2.19. The van der Waals surface area contributed by atoms with Crippen molar-refractivity contribution in [3.8, 4) is 0 Å². The molecule has 0 saturated heterocycles. The molecular formula is C14H21F3N2. The van der Waals surface area contributed by atoms with Crippen molar-refractivity contribution in [1.82, 2.24) is 10.3 Å². The summed E-state index contributed by atoms with van der Waals surface area (Å²) in [6, 6.07) is 1.88. The third-order valence-electron chi connectivity index (χ3n) is 3.10. The molecule has 0 fully saturated rings. The van der Waals surface area contributed by atoms with E-state index in [1.54, 1.807) is 12.4 Å². The van der Waals surface area contributed by atoms with E-state index in [0.717, 1.165) is 24.1 Å². The summed E-state index contributed by atoms with van der Waals surface area (Å²) < 4.78 is 36.6. The highest BCUT2D eigenvalue weighted by molar-refractivity contribution is 5.26. The van der Waals surface area contributed by atoms with Crippen LogP contribution in [0.1, 0.15) is 50.3 Å². The Morgan fingerprint density at radius 2 is 2.05 bits per heavy atom. The van der Waals surface area contributed by atoms with Gasteiger partial charge in [0.2, 0.25) is 0 Å². The Balaban J connectivity index is 2.71. The molecule has 0 aliphatic rings. The summed E-state index contributed by atoms with van der Waals surface area (Å²) in [5.74, 6) is 0. The lowest BCUT2D eigenvalue weighted by Crippen LogP contribution is -2.22. The molecule has 0 bridgehead atoms. The first kappa shape index (κ1) is 16.0. The van der Waals surface area contributed by atoms with Crippen LogP contribution in [0.25, 0.3) is 0 Å². The van der Waals surface area contributed by atoms with E-state index >= 15 is 0 Å². The van der Waals surface area contributed by atoms with Gasteiger partial charge >= 0.3 is 6.18 Å². The molecule has 1 N–H and O–H groups in total. The second-order valence-corrected chi connectivity index (χ2v) is 4.55. The normalized spacial score (nSPS) is 13.5. The minimum absolute atomic E-state index is 0.0229. The van der Waals surface area contributed by atoms with E-state index in [1.807, 2.05) is 19.9 Å². The molecule has 1 aromatic rings. The van der Waals surface area contributed by atoms with Crippen molar-refractivity contribution in [1.29, 1.82) is 0 Å². The van der Waals surface area contributed by atoms with Gasteiger partial charge in [0.15, 0.2) is 0 Å². The van der Waals surface area contributed by atoms with Gasteiger partial charge in [0, 0.05) is 24.9 Å². The maximum Gasteiger partial charge on any atom is 0.389 e. The van der Waals surface area contributed by atoms with Gasteiger partial charge in [-0.1, -0.05) is 13.8 Å². The molecule has 0 spiro atoms. The second kappa shape index (κ2) is 7.48. The van der Waals surface area contributed by atoms with Crippen molar-refractivity contribution in [3.63, 3.8) is 0 Å². The van der Waals surface area contributed by atoms with Crippen molar-refractivity contribution >= 4 is 0 Å². The van der Waals surface area contributed by atoms with Crippen LogP contribution in [0.2, 0.25) is 0 Å². The number of hydrogen-bond acceptors (Lipinski definition) is 2. The lowest BCUT2D eigenvalue weighted by atomic mass is 9.96. The van der Waals surface area contributed by atoms with Crippen molar-refractivity contribution in [3.05, 3.63) is 29.6 Å². The summed E-state index contributed by atoms with van der Waals surface area (Å²) in [5, 5.41) is 3.26. The summed E-state index contributed by atoms with van der Waals surface area (Å²) in [6.45, 7) is 4.73. The van der Waals surface area contributed by atoms with Crippen LogP contribution in [0.4, 0.5) is 13.2 Å². The Bertz CT molecular complexity index is 377. The molecule has 0 aliphatic heterocycles. The van der Waals surface area contributed by atoms with Gasteiger partial charge in [-0.25, -0.2) is 0 Å². The molecule has 1 rings (SSSR count). The van der Waals surface area contributed by atoms with Gasteiger partial charge in [-0.05, 0) is 43.0 Å². The molecule has 1 atom stereocenters. The van der Waals surface area contributed by atoms with E-state index in [4.69, 9.17) is 0 Å². The van der Waals surface area contributed by atoms with Crippen LogP contribution in [-0.4, -0.2) is 17.7 Å². The van der Waals surface area contributed by atoms with Crippen LogP contribution in [-0.2, 0) is 6.42 Å². The van der Waals surface area contributed by atoms with Crippen LogP contribution in [0, 0.1) is 0 Å². The van der Waals surface area contributed by atoms with Gasteiger partial charge in [0.05, 0.1) is 0 Å². The molecule has 1 heterocycles. The highest BCUT2D eigenvalue weighted by atomic mass is 19.4. The van der Waals surface area contributed by atoms with Crippen LogP contribution < -0.4 is 5.32 Å². The average Bonchev–Trinajstić information content (AvgIpc) is 2.36. The Kier molecular flexibility index (Phi) is 6.28. The van der Waals surface area contributed by atoms with Gasteiger partial charge in [0.25, 0.3) is 0 Å². The molecular weight excluding hydrogens is 253 g/mol. The maximum absolute atomic E-state index is 12.2. The van der Waals surface area contributed by atoms with Crippen LogP contribution in [0.15, 0.2) is 18.5 Å². The Morgan fingerprint density at radius 3 is 2.63 bits per heavy atom. The molecule has 2 nitrogen and oxygen atoms in total. The summed E-state index contributed by atoms with van der Waals surface area (Å²) in [7, 11) is 0. The van der Waals surface area contributed by atoms with Crippen molar-refractivity contribution in [2.24, 2.45) is 0 Å². The quantitative estimate of drug-likeness (QED) is 0.812. The van der Waals surface area contributed by atoms with Crippen LogP contribution >= 0.6 is 0 Å². The first-order chi connectivity index (χ1) is 8.98. The fraction of sp³-hybridized carbons (Fsp3) is 0.643. The first-order valence-corrected chi connectivity index (χ1v) is 6.70. The summed E-state index contributed by atoms with van der Waals surface area (Å²) in [6.07, 6.45) is 0.178. The molecule has 1 aromatic heterocycles. The lowest BCUT2D eigenvalue weighted by Gasteiger charge is -2.21. The van der Waals surface area contributed by atoms with Gasteiger partial charge < -0.3 is 5.32 Å². The third kappa shape index (κ3) is 5.59. The smallest absolute Gasteiger partial charge is 0.310 e. The van der Waals surface area contributed by atoms with E-state index < -0.39 is 12.6 Å². The number of aromatic nitrogens is 1. The summed E-state index contributed by atoms with van der Waals surface area (Å²) in [4.78, 5) is 4.07. The number of rotatable bonds is 7. The van der Waals surface area contributed by atoms with Crippen LogP contribution in [0.3, 0.4) is 0 Å². The fourth-order valence-electron chi connectivity index (χ4n) is 2.19. The third-order valence-corrected chi connectivity index (χ3v) is 3.10. The minimum atomic E-state index is -4.07. The monoisotopic (exact) mass is 274 g/mol. The highest BCUT2D eigenvalue weighted by Crippen LogP contribution is 2.27. The van der Waals surface area contributed by atoms with Gasteiger partial charge in [0.1, 0.15) is 0 Å². The predicted octanol–water partition coefficient (Wildman–Crippen LogP) is 4.03. The largest absolute Gasteiger partial charge is 0.389 e. The molecule has 108 valence electrons. The van der Waals surface area contributed by atoms with Gasteiger partial charge in [-0.15, -0.1) is 0 Å².